The minimum atomic E-state index is -3.45. The molecule has 0 aliphatic rings. The number of carbonyl (C=O) groups is 2. The third kappa shape index (κ3) is 6.42. The van der Waals surface area contributed by atoms with Crippen LogP contribution in [0.4, 0.5) is 0 Å². The Labute approximate surface area is 187 Å². The van der Waals surface area contributed by atoms with Crippen LogP contribution in [0.5, 0.6) is 5.75 Å². The number of hydrogen-bond acceptors (Lipinski definition) is 5. The highest BCUT2D eigenvalue weighted by molar-refractivity contribution is 7.90. The maximum Gasteiger partial charge on any atom is 0.251 e. The molecule has 3 N–H and O–H groups in total. The summed E-state index contributed by atoms with van der Waals surface area (Å²) in [7, 11) is -3.45. The number of amides is 2. The number of nitrogens with one attached hydrogen (secondary N) is 2. The predicted molar refractivity (Wildman–Crippen MR) is 121 cm³/mol. The summed E-state index contributed by atoms with van der Waals surface area (Å²) in [5.41, 5.74) is 1.39. The number of carbonyl (C=O) groups excluding carboxylic acids is 2. The van der Waals surface area contributed by atoms with Gasteiger partial charge in [-0.3, -0.25) is 9.59 Å². The molecule has 0 heterocycles. The Bertz CT molecular complexity index is 1180. The second kappa shape index (κ2) is 10.6. The van der Waals surface area contributed by atoms with Crippen LogP contribution >= 0.6 is 0 Å². The predicted octanol–water partition coefficient (Wildman–Crippen LogP) is 2.92. The maximum absolute atomic E-state index is 12.5. The van der Waals surface area contributed by atoms with Crippen molar-refractivity contribution in [2.24, 2.45) is 0 Å². The minimum absolute atomic E-state index is 0.0218. The fourth-order valence-corrected chi connectivity index (χ4v) is 4.40. The van der Waals surface area contributed by atoms with Gasteiger partial charge in [0, 0.05) is 24.2 Å². The van der Waals surface area contributed by atoms with Gasteiger partial charge in [0.2, 0.25) is 0 Å². The molecule has 0 fully saturated rings. The first-order chi connectivity index (χ1) is 15.3. The molecule has 0 bridgehead atoms. The van der Waals surface area contributed by atoms with Crippen LogP contribution in [0.2, 0.25) is 0 Å². The van der Waals surface area contributed by atoms with E-state index in [9.17, 15) is 23.1 Å². The summed E-state index contributed by atoms with van der Waals surface area (Å²) in [6.45, 7) is 0.730. The summed E-state index contributed by atoms with van der Waals surface area (Å²) in [5, 5.41) is 14.9. The van der Waals surface area contributed by atoms with Crippen LogP contribution in [0.15, 0.2) is 83.8 Å². The molecule has 32 heavy (non-hydrogen) atoms. The summed E-state index contributed by atoms with van der Waals surface area (Å²) in [6.07, 6.45) is 0.531. The van der Waals surface area contributed by atoms with E-state index in [-0.39, 0.29) is 28.2 Å². The molecule has 0 aliphatic heterocycles. The Morgan fingerprint density at radius 2 is 1.38 bits per heavy atom. The van der Waals surface area contributed by atoms with Gasteiger partial charge in [0.1, 0.15) is 5.75 Å². The van der Waals surface area contributed by atoms with Crippen LogP contribution in [0.3, 0.4) is 0 Å². The summed E-state index contributed by atoms with van der Waals surface area (Å²) >= 11 is 0. The van der Waals surface area contributed by atoms with Gasteiger partial charge in [0.25, 0.3) is 11.8 Å². The average molecular weight is 453 g/mol. The first-order valence-corrected chi connectivity index (χ1v) is 11.7. The van der Waals surface area contributed by atoms with Gasteiger partial charge in [-0.15, -0.1) is 0 Å². The van der Waals surface area contributed by atoms with Crippen molar-refractivity contribution >= 4 is 21.7 Å². The lowest BCUT2D eigenvalue weighted by atomic mass is 10.1. The molecule has 0 aliphatic carbocycles. The Morgan fingerprint density at radius 3 is 2.00 bits per heavy atom. The van der Waals surface area contributed by atoms with E-state index in [1.165, 1.54) is 12.1 Å². The van der Waals surface area contributed by atoms with Gasteiger partial charge in [-0.2, -0.15) is 0 Å². The quantitative estimate of drug-likeness (QED) is 0.432. The van der Waals surface area contributed by atoms with Crippen molar-refractivity contribution in [2.45, 2.75) is 17.1 Å². The zero-order valence-electron chi connectivity index (χ0n) is 17.3. The molecule has 0 radical (unpaired) electrons. The number of phenolic OH excluding ortho intramolecular Hbond substituents is 1. The standard InChI is InChI=1S/C24H24N2O5S/c27-21-7-4-6-20(16-21)24(29)26-15-5-14-25-23(28)19-12-10-18(11-13-19)17-32(30,31)22-8-2-1-3-9-22/h1-4,6-13,16,27H,5,14-15,17H2,(H,25,28)(H,26,29). The van der Waals surface area contributed by atoms with E-state index in [0.717, 1.165) is 0 Å². The summed E-state index contributed by atoms with van der Waals surface area (Å²) in [5.74, 6) is -0.693. The Balaban J connectivity index is 1.43. The monoisotopic (exact) mass is 452 g/mol. The molecule has 3 aromatic rings. The van der Waals surface area contributed by atoms with Gasteiger partial charge in [-0.05, 0) is 54.4 Å². The van der Waals surface area contributed by atoms with Gasteiger partial charge in [0.05, 0.1) is 10.6 Å². The zero-order valence-corrected chi connectivity index (χ0v) is 18.1. The van der Waals surface area contributed by atoms with Gasteiger partial charge in [-0.1, -0.05) is 36.4 Å². The Morgan fingerprint density at radius 1 is 0.750 bits per heavy atom. The Kier molecular flexibility index (Phi) is 7.62. The minimum Gasteiger partial charge on any atom is -0.508 e. The lowest BCUT2D eigenvalue weighted by Crippen LogP contribution is -2.29. The second-order valence-corrected chi connectivity index (χ2v) is 9.17. The van der Waals surface area contributed by atoms with Gasteiger partial charge in [-0.25, -0.2) is 8.42 Å². The number of benzene rings is 3. The highest BCUT2D eigenvalue weighted by atomic mass is 32.2. The summed E-state index contributed by atoms with van der Waals surface area (Å²) < 4.78 is 24.9. The number of hydrogen-bond donors (Lipinski definition) is 3. The average Bonchev–Trinajstić information content (AvgIpc) is 2.79. The first kappa shape index (κ1) is 23.0. The van der Waals surface area contributed by atoms with E-state index in [1.54, 1.807) is 66.7 Å². The van der Waals surface area contributed by atoms with Crippen LogP contribution in [-0.4, -0.2) is 38.4 Å². The van der Waals surface area contributed by atoms with Crippen molar-refractivity contribution in [1.82, 2.24) is 10.6 Å². The lowest BCUT2D eigenvalue weighted by molar-refractivity contribution is 0.0951. The molecule has 3 aromatic carbocycles. The first-order valence-electron chi connectivity index (χ1n) is 10.1. The number of rotatable bonds is 9. The molecule has 0 unspecified atom stereocenters. The van der Waals surface area contributed by atoms with Crippen molar-refractivity contribution in [1.29, 1.82) is 0 Å². The molecule has 2 amide bonds. The van der Waals surface area contributed by atoms with E-state index >= 15 is 0 Å². The van der Waals surface area contributed by atoms with Gasteiger partial charge < -0.3 is 15.7 Å². The van der Waals surface area contributed by atoms with E-state index in [1.807, 2.05) is 0 Å². The van der Waals surface area contributed by atoms with Gasteiger partial charge >= 0.3 is 0 Å². The van der Waals surface area contributed by atoms with Crippen LogP contribution in [0, 0.1) is 0 Å². The molecule has 7 nitrogen and oxygen atoms in total. The molecule has 0 saturated heterocycles. The van der Waals surface area contributed by atoms with Crippen LogP contribution in [0.25, 0.3) is 0 Å². The lowest BCUT2D eigenvalue weighted by Gasteiger charge is -2.08. The normalized spacial score (nSPS) is 11.0. The fourth-order valence-electron chi connectivity index (χ4n) is 3.03. The third-order valence-corrected chi connectivity index (χ3v) is 6.41. The highest BCUT2D eigenvalue weighted by Crippen LogP contribution is 2.16. The summed E-state index contributed by atoms with van der Waals surface area (Å²) in [4.78, 5) is 24.5. The van der Waals surface area contributed by atoms with Gasteiger partial charge in [0.15, 0.2) is 9.84 Å². The van der Waals surface area contributed by atoms with Crippen LogP contribution in [0.1, 0.15) is 32.7 Å². The number of sulfone groups is 1. The Hall–Kier alpha value is -3.65. The molecule has 0 spiro atoms. The van der Waals surface area contributed by atoms with E-state index in [2.05, 4.69) is 10.6 Å². The third-order valence-electron chi connectivity index (χ3n) is 4.71. The van der Waals surface area contributed by atoms with E-state index < -0.39 is 9.84 Å². The molecule has 0 aromatic heterocycles. The van der Waals surface area contributed by atoms with Crippen molar-refractivity contribution in [2.75, 3.05) is 13.1 Å². The van der Waals surface area contributed by atoms with Crippen LogP contribution in [-0.2, 0) is 15.6 Å². The van der Waals surface area contributed by atoms with Crippen molar-refractivity contribution in [3.8, 4) is 5.75 Å². The van der Waals surface area contributed by atoms with Crippen LogP contribution < -0.4 is 10.6 Å². The van der Waals surface area contributed by atoms with Crippen molar-refractivity contribution < 1.29 is 23.1 Å². The SMILES string of the molecule is O=C(NCCCNC(=O)c1cccc(O)c1)c1ccc(CS(=O)(=O)c2ccccc2)cc1. The summed E-state index contributed by atoms with van der Waals surface area (Å²) in [6, 6.07) is 20.7. The highest BCUT2D eigenvalue weighted by Gasteiger charge is 2.15. The molecule has 0 atom stereocenters. The molecule has 166 valence electrons. The molecule has 0 saturated carbocycles. The molecular weight excluding hydrogens is 428 g/mol. The molecule has 3 rings (SSSR count). The fraction of sp³-hybridized carbons (Fsp3) is 0.167. The second-order valence-electron chi connectivity index (χ2n) is 7.18. The number of phenols is 1. The van der Waals surface area contributed by atoms with Crippen molar-refractivity contribution in [3.63, 3.8) is 0 Å². The van der Waals surface area contributed by atoms with E-state index in [0.29, 0.717) is 36.2 Å². The number of aromatic hydroxyl groups is 1. The largest absolute Gasteiger partial charge is 0.508 e. The molecular formula is C24H24N2O5S. The van der Waals surface area contributed by atoms with Crippen molar-refractivity contribution in [3.05, 3.63) is 95.6 Å². The smallest absolute Gasteiger partial charge is 0.251 e. The molecule has 8 heteroatoms. The van der Waals surface area contributed by atoms with E-state index in [4.69, 9.17) is 0 Å². The maximum atomic E-state index is 12.5. The zero-order chi connectivity index (χ0) is 23.0. The topological polar surface area (TPSA) is 113 Å².